The van der Waals surface area contributed by atoms with Crippen LogP contribution in [0.1, 0.15) is 21.6 Å². The van der Waals surface area contributed by atoms with Crippen molar-refractivity contribution in [1.29, 1.82) is 0 Å². The van der Waals surface area contributed by atoms with E-state index in [1.54, 1.807) is 12.3 Å². The Morgan fingerprint density at radius 1 is 1.33 bits per heavy atom. The first-order valence-electron chi connectivity index (χ1n) is 6.60. The molecule has 0 radical (unpaired) electrons. The maximum absolute atomic E-state index is 12.2. The third-order valence-electron chi connectivity index (χ3n) is 3.25. The molecule has 0 spiro atoms. The molecule has 0 saturated heterocycles. The van der Waals surface area contributed by atoms with Gasteiger partial charge in [0.2, 0.25) is 0 Å². The van der Waals surface area contributed by atoms with Crippen LogP contribution in [0.4, 0.5) is 0 Å². The molecule has 0 aliphatic heterocycles. The fourth-order valence-electron chi connectivity index (χ4n) is 2.18. The number of rotatable bonds is 3. The predicted molar refractivity (Wildman–Crippen MR) is 82.6 cm³/mol. The Hall–Kier alpha value is -2.33. The van der Waals surface area contributed by atoms with Gasteiger partial charge in [-0.15, -0.1) is 0 Å². The molecule has 0 aliphatic rings. The van der Waals surface area contributed by atoms with Gasteiger partial charge in [0.05, 0.1) is 0 Å². The van der Waals surface area contributed by atoms with Gasteiger partial charge in [0.15, 0.2) is 0 Å². The summed E-state index contributed by atoms with van der Waals surface area (Å²) >= 11 is 5.92. The van der Waals surface area contributed by atoms with Gasteiger partial charge in [-0.2, -0.15) is 0 Å². The molecule has 4 nitrogen and oxygen atoms in total. The lowest BCUT2D eigenvalue weighted by Crippen LogP contribution is -2.23. The number of aromatic nitrogens is 2. The van der Waals surface area contributed by atoms with Gasteiger partial charge in [0, 0.05) is 24.0 Å². The van der Waals surface area contributed by atoms with E-state index in [1.165, 1.54) is 0 Å². The topological polar surface area (TPSA) is 46.4 Å². The molecule has 0 bridgehead atoms. The summed E-state index contributed by atoms with van der Waals surface area (Å²) in [6, 6.07) is 11.3. The first kappa shape index (κ1) is 13.6. The summed E-state index contributed by atoms with van der Waals surface area (Å²) in [6.07, 6.45) is 3.61. The number of imidazole rings is 1. The van der Waals surface area contributed by atoms with Crippen LogP contribution in [0.25, 0.3) is 5.65 Å². The van der Waals surface area contributed by atoms with Gasteiger partial charge < -0.3 is 9.72 Å². The third kappa shape index (κ3) is 2.90. The summed E-state index contributed by atoms with van der Waals surface area (Å²) in [5.74, 6) is -0.196. The van der Waals surface area contributed by atoms with Crippen LogP contribution in [0.5, 0.6) is 0 Å². The van der Waals surface area contributed by atoms with Gasteiger partial charge in [-0.25, -0.2) is 4.98 Å². The van der Waals surface area contributed by atoms with Gasteiger partial charge in [-0.3, -0.25) is 4.79 Å². The Morgan fingerprint density at radius 2 is 2.19 bits per heavy atom. The molecular weight excluding hydrogens is 286 g/mol. The van der Waals surface area contributed by atoms with E-state index >= 15 is 0 Å². The summed E-state index contributed by atoms with van der Waals surface area (Å²) in [7, 11) is 0. The SMILES string of the molecule is Cc1cccn2cc(C(=O)NCc3cccc(Cl)c3)nc12. The molecule has 0 aliphatic carbocycles. The van der Waals surface area contributed by atoms with Crippen LogP contribution in [0, 0.1) is 6.92 Å². The molecule has 2 heterocycles. The maximum atomic E-state index is 12.2. The molecule has 0 atom stereocenters. The lowest BCUT2D eigenvalue weighted by atomic mass is 10.2. The van der Waals surface area contributed by atoms with Gasteiger partial charge in [0.1, 0.15) is 11.3 Å². The second-order valence-electron chi connectivity index (χ2n) is 4.86. The quantitative estimate of drug-likeness (QED) is 0.807. The number of carbonyl (C=O) groups is 1. The highest BCUT2D eigenvalue weighted by Gasteiger charge is 2.11. The number of hydrogen-bond donors (Lipinski definition) is 1. The zero-order valence-electron chi connectivity index (χ0n) is 11.5. The highest BCUT2D eigenvalue weighted by molar-refractivity contribution is 6.30. The molecule has 0 fully saturated rings. The number of carbonyl (C=O) groups excluding carboxylic acids is 1. The minimum absolute atomic E-state index is 0.196. The van der Waals surface area contributed by atoms with E-state index in [1.807, 2.05) is 47.9 Å². The first-order valence-corrected chi connectivity index (χ1v) is 6.98. The number of hydrogen-bond acceptors (Lipinski definition) is 2. The fourth-order valence-corrected chi connectivity index (χ4v) is 2.40. The molecule has 21 heavy (non-hydrogen) atoms. The number of nitrogens with one attached hydrogen (secondary N) is 1. The monoisotopic (exact) mass is 299 g/mol. The molecule has 0 unspecified atom stereocenters. The Balaban J connectivity index is 1.76. The molecule has 2 aromatic heterocycles. The van der Waals surface area contributed by atoms with E-state index in [0.717, 1.165) is 16.8 Å². The molecule has 1 aromatic carbocycles. The molecule has 1 amide bonds. The highest BCUT2D eigenvalue weighted by Crippen LogP contribution is 2.12. The third-order valence-corrected chi connectivity index (χ3v) is 3.49. The number of nitrogens with zero attached hydrogens (tertiary/aromatic N) is 2. The minimum Gasteiger partial charge on any atom is -0.347 e. The van der Waals surface area contributed by atoms with Crippen molar-refractivity contribution in [2.24, 2.45) is 0 Å². The number of amides is 1. The van der Waals surface area contributed by atoms with Crippen LogP contribution in [-0.4, -0.2) is 15.3 Å². The van der Waals surface area contributed by atoms with E-state index in [-0.39, 0.29) is 5.91 Å². The van der Waals surface area contributed by atoms with Crippen molar-refractivity contribution in [1.82, 2.24) is 14.7 Å². The van der Waals surface area contributed by atoms with Crippen LogP contribution in [0.3, 0.4) is 0 Å². The molecule has 5 heteroatoms. The van der Waals surface area contributed by atoms with E-state index < -0.39 is 0 Å². The molecule has 0 saturated carbocycles. The fraction of sp³-hybridized carbons (Fsp3) is 0.125. The minimum atomic E-state index is -0.196. The zero-order chi connectivity index (χ0) is 14.8. The number of halogens is 1. The Labute approximate surface area is 127 Å². The van der Waals surface area contributed by atoms with E-state index in [2.05, 4.69) is 10.3 Å². The van der Waals surface area contributed by atoms with Crippen molar-refractivity contribution >= 4 is 23.2 Å². The van der Waals surface area contributed by atoms with Gasteiger partial charge >= 0.3 is 0 Å². The molecular formula is C16H14ClN3O. The maximum Gasteiger partial charge on any atom is 0.271 e. The number of pyridine rings is 1. The normalized spacial score (nSPS) is 10.8. The van der Waals surface area contributed by atoms with E-state index in [9.17, 15) is 4.79 Å². The number of fused-ring (bicyclic) bond motifs is 1. The summed E-state index contributed by atoms with van der Waals surface area (Å²) in [5.41, 5.74) is 3.19. The number of aryl methyl sites for hydroxylation is 1. The average molecular weight is 300 g/mol. The molecule has 1 N–H and O–H groups in total. The van der Waals surface area contributed by atoms with E-state index in [0.29, 0.717) is 17.3 Å². The summed E-state index contributed by atoms with van der Waals surface area (Å²) in [4.78, 5) is 16.5. The molecule has 106 valence electrons. The van der Waals surface area contributed by atoms with Crippen molar-refractivity contribution in [2.75, 3.05) is 0 Å². The largest absolute Gasteiger partial charge is 0.347 e. The second-order valence-corrected chi connectivity index (χ2v) is 5.30. The van der Waals surface area contributed by atoms with Crippen molar-refractivity contribution < 1.29 is 4.79 Å². The first-order chi connectivity index (χ1) is 10.1. The second kappa shape index (κ2) is 5.58. The van der Waals surface area contributed by atoms with Crippen LogP contribution < -0.4 is 5.32 Å². The lowest BCUT2D eigenvalue weighted by Gasteiger charge is -2.03. The van der Waals surface area contributed by atoms with Crippen molar-refractivity contribution in [3.8, 4) is 0 Å². The van der Waals surface area contributed by atoms with Crippen molar-refractivity contribution in [3.05, 3.63) is 70.6 Å². The van der Waals surface area contributed by atoms with Crippen LogP contribution in [-0.2, 0) is 6.54 Å². The summed E-state index contributed by atoms with van der Waals surface area (Å²) in [5, 5.41) is 3.51. The molecule has 3 aromatic rings. The predicted octanol–water partition coefficient (Wildman–Crippen LogP) is 3.23. The van der Waals surface area contributed by atoms with Crippen LogP contribution in [0.2, 0.25) is 5.02 Å². The zero-order valence-corrected chi connectivity index (χ0v) is 12.3. The standard InChI is InChI=1S/C16H14ClN3O/c1-11-4-3-7-20-10-14(19-15(11)20)16(21)18-9-12-5-2-6-13(17)8-12/h2-8,10H,9H2,1H3,(H,18,21). The smallest absolute Gasteiger partial charge is 0.271 e. The Bertz CT molecular complexity index is 810. The van der Waals surface area contributed by atoms with Crippen molar-refractivity contribution in [2.45, 2.75) is 13.5 Å². The lowest BCUT2D eigenvalue weighted by molar-refractivity contribution is 0.0946. The summed E-state index contributed by atoms with van der Waals surface area (Å²) in [6.45, 7) is 2.39. The van der Waals surface area contributed by atoms with Gasteiger partial charge in [-0.05, 0) is 36.2 Å². The van der Waals surface area contributed by atoms with E-state index in [4.69, 9.17) is 11.6 Å². The van der Waals surface area contributed by atoms with Crippen LogP contribution >= 0.6 is 11.6 Å². The highest BCUT2D eigenvalue weighted by atomic mass is 35.5. The Morgan fingerprint density at radius 3 is 2.95 bits per heavy atom. The number of benzene rings is 1. The molecule has 3 rings (SSSR count). The van der Waals surface area contributed by atoms with Gasteiger partial charge in [-0.1, -0.05) is 29.8 Å². The van der Waals surface area contributed by atoms with Crippen molar-refractivity contribution in [3.63, 3.8) is 0 Å². The average Bonchev–Trinajstić information content (AvgIpc) is 2.90. The summed E-state index contributed by atoms with van der Waals surface area (Å²) < 4.78 is 1.85. The Kier molecular flexibility index (Phi) is 3.62. The van der Waals surface area contributed by atoms with Crippen LogP contribution in [0.15, 0.2) is 48.8 Å². The van der Waals surface area contributed by atoms with Gasteiger partial charge in [0.25, 0.3) is 5.91 Å².